The summed E-state index contributed by atoms with van der Waals surface area (Å²) in [6, 6.07) is 0. The van der Waals surface area contributed by atoms with Crippen molar-refractivity contribution < 1.29 is 4.79 Å². The van der Waals surface area contributed by atoms with Crippen molar-refractivity contribution in [3.63, 3.8) is 0 Å². The Bertz CT molecular complexity index is 526. The Labute approximate surface area is 130 Å². The van der Waals surface area contributed by atoms with Gasteiger partial charge >= 0.3 is 0 Å². The fourth-order valence-electron chi connectivity index (χ4n) is 3.22. The van der Waals surface area contributed by atoms with Gasteiger partial charge in [0, 0.05) is 16.7 Å². The number of aromatic nitrogens is 1. The molecule has 0 aromatic carbocycles. The average Bonchev–Trinajstić information content (AvgIpc) is 2.91. The molecule has 2 heterocycles. The number of piperidine rings is 1. The van der Waals surface area contributed by atoms with Gasteiger partial charge in [-0.05, 0) is 37.8 Å². The molecule has 1 aromatic rings. The van der Waals surface area contributed by atoms with Crippen LogP contribution in [0.5, 0.6) is 0 Å². The second-order valence-electron chi connectivity index (χ2n) is 7.46. The number of carbonyl (C=O) groups is 1. The van der Waals surface area contributed by atoms with E-state index in [-0.39, 0.29) is 17.2 Å². The standard InChI is InChI=1S/C16H25N3OS/c1-15(2,3)12-10-21-13(19-12)9-18-14(20)11-8-16(11)4-6-17-7-5-16/h10-11,17H,4-9H2,1-3H3,(H,18,20). The van der Waals surface area contributed by atoms with Gasteiger partial charge in [-0.25, -0.2) is 4.98 Å². The topological polar surface area (TPSA) is 54.0 Å². The lowest BCUT2D eigenvalue weighted by Crippen LogP contribution is -2.33. The van der Waals surface area contributed by atoms with Crippen LogP contribution in [0, 0.1) is 11.3 Å². The van der Waals surface area contributed by atoms with Crippen molar-refractivity contribution in [2.75, 3.05) is 13.1 Å². The zero-order valence-electron chi connectivity index (χ0n) is 13.2. The van der Waals surface area contributed by atoms with Crippen LogP contribution < -0.4 is 10.6 Å². The van der Waals surface area contributed by atoms with Gasteiger partial charge in [0.1, 0.15) is 5.01 Å². The lowest BCUT2D eigenvalue weighted by molar-refractivity contribution is -0.123. The highest BCUT2D eigenvalue weighted by molar-refractivity contribution is 7.09. The minimum Gasteiger partial charge on any atom is -0.349 e. The lowest BCUT2D eigenvalue weighted by atomic mass is 9.92. The Morgan fingerprint density at radius 3 is 2.81 bits per heavy atom. The van der Waals surface area contributed by atoms with Crippen molar-refractivity contribution in [2.45, 2.75) is 52.0 Å². The van der Waals surface area contributed by atoms with Crippen molar-refractivity contribution >= 4 is 17.2 Å². The van der Waals surface area contributed by atoms with Gasteiger partial charge in [0.15, 0.2) is 0 Å². The maximum atomic E-state index is 12.3. The molecule has 1 atom stereocenters. The number of hydrogen-bond donors (Lipinski definition) is 2. The molecule has 0 radical (unpaired) electrons. The van der Waals surface area contributed by atoms with Crippen LogP contribution in [0.4, 0.5) is 0 Å². The van der Waals surface area contributed by atoms with E-state index in [2.05, 4.69) is 41.8 Å². The number of rotatable bonds is 3. The van der Waals surface area contributed by atoms with E-state index in [0.717, 1.165) is 43.1 Å². The Morgan fingerprint density at radius 2 is 2.19 bits per heavy atom. The molecule has 1 aliphatic heterocycles. The van der Waals surface area contributed by atoms with Crippen molar-refractivity contribution in [1.82, 2.24) is 15.6 Å². The van der Waals surface area contributed by atoms with Crippen LogP contribution in [-0.2, 0) is 16.8 Å². The van der Waals surface area contributed by atoms with Crippen molar-refractivity contribution in [1.29, 1.82) is 0 Å². The van der Waals surface area contributed by atoms with Crippen molar-refractivity contribution in [2.24, 2.45) is 11.3 Å². The highest BCUT2D eigenvalue weighted by Crippen LogP contribution is 2.58. The molecular formula is C16H25N3OS. The molecule has 116 valence electrons. The van der Waals surface area contributed by atoms with Gasteiger partial charge in [0.2, 0.25) is 5.91 Å². The number of nitrogens with zero attached hydrogens (tertiary/aromatic N) is 1. The maximum Gasteiger partial charge on any atom is 0.224 e. The van der Waals surface area contributed by atoms with E-state index < -0.39 is 0 Å². The first kappa shape index (κ1) is 15.0. The molecule has 1 unspecified atom stereocenters. The Hall–Kier alpha value is -0.940. The number of thiazole rings is 1. The highest BCUT2D eigenvalue weighted by Gasteiger charge is 2.57. The molecule has 1 saturated heterocycles. The van der Waals surface area contributed by atoms with Gasteiger partial charge in [-0.1, -0.05) is 20.8 Å². The smallest absolute Gasteiger partial charge is 0.224 e. The summed E-state index contributed by atoms with van der Waals surface area (Å²) < 4.78 is 0. The second kappa shape index (κ2) is 5.36. The fraction of sp³-hybridized carbons (Fsp3) is 0.750. The molecule has 3 rings (SSSR count). The van der Waals surface area contributed by atoms with E-state index in [1.54, 1.807) is 11.3 Å². The van der Waals surface area contributed by atoms with E-state index >= 15 is 0 Å². The molecule has 2 aliphatic rings. The molecule has 0 bridgehead atoms. The first-order chi connectivity index (χ1) is 9.91. The summed E-state index contributed by atoms with van der Waals surface area (Å²) in [6.07, 6.45) is 3.37. The zero-order chi connectivity index (χ0) is 15.1. The van der Waals surface area contributed by atoms with E-state index in [9.17, 15) is 4.79 Å². The summed E-state index contributed by atoms with van der Waals surface area (Å²) in [5, 5.41) is 9.57. The Morgan fingerprint density at radius 1 is 1.48 bits per heavy atom. The Balaban J connectivity index is 1.52. The van der Waals surface area contributed by atoms with E-state index in [1.165, 1.54) is 0 Å². The van der Waals surface area contributed by atoms with Gasteiger partial charge in [-0.15, -0.1) is 11.3 Å². The molecule has 1 spiro atoms. The number of hydrogen-bond acceptors (Lipinski definition) is 4. The molecule has 1 aliphatic carbocycles. The first-order valence-corrected chi connectivity index (χ1v) is 8.72. The van der Waals surface area contributed by atoms with Crippen LogP contribution in [0.3, 0.4) is 0 Å². The van der Waals surface area contributed by atoms with Gasteiger partial charge in [-0.3, -0.25) is 4.79 Å². The molecule has 2 N–H and O–H groups in total. The van der Waals surface area contributed by atoms with Gasteiger partial charge in [-0.2, -0.15) is 0 Å². The highest BCUT2D eigenvalue weighted by atomic mass is 32.1. The van der Waals surface area contributed by atoms with Crippen molar-refractivity contribution in [3.05, 3.63) is 16.1 Å². The molecule has 1 aromatic heterocycles. The second-order valence-corrected chi connectivity index (χ2v) is 8.41. The molecule has 21 heavy (non-hydrogen) atoms. The van der Waals surface area contributed by atoms with E-state index in [0.29, 0.717) is 12.0 Å². The lowest BCUT2D eigenvalue weighted by Gasteiger charge is -2.23. The molecule has 5 heteroatoms. The SMILES string of the molecule is CC(C)(C)c1csc(CNC(=O)C2CC23CCNCC3)n1. The number of nitrogens with one attached hydrogen (secondary N) is 2. The van der Waals surface area contributed by atoms with Crippen molar-refractivity contribution in [3.8, 4) is 0 Å². The van der Waals surface area contributed by atoms with Crippen LogP contribution in [0.15, 0.2) is 5.38 Å². The predicted molar refractivity (Wildman–Crippen MR) is 85.3 cm³/mol. The number of amides is 1. The number of carbonyl (C=O) groups excluding carboxylic acids is 1. The quantitative estimate of drug-likeness (QED) is 0.902. The van der Waals surface area contributed by atoms with E-state index in [1.807, 2.05) is 0 Å². The first-order valence-electron chi connectivity index (χ1n) is 7.84. The molecule has 1 saturated carbocycles. The summed E-state index contributed by atoms with van der Waals surface area (Å²) >= 11 is 1.64. The molecule has 2 fully saturated rings. The summed E-state index contributed by atoms with van der Waals surface area (Å²) in [7, 11) is 0. The van der Waals surface area contributed by atoms with Crippen LogP contribution >= 0.6 is 11.3 Å². The zero-order valence-corrected chi connectivity index (χ0v) is 14.0. The normalized spacial score (nSPS) is 24.0. The molecular weight excluding hydrogens is 282 g/mol. The maximum absolute atomic E-state index is 12.3. The average molecular weight is 307 g/mol. The van der Waals surface area contributed by atoms with Gasteiger partial charge in [0.25, 0.3) is 0 Å². The minimum atomic E-state index is 0.0778. The van der Waals surface area contributed by atoms with Crippen LogP contribution in [0.25, 0.3) is 0 Å². The van der Waals surface area contributed by atoms with Crippen LogP contribution in [-0.4, -0.2) is 24.0 Å². The predicted octanol–water partition coefficient (Wildman–Crippen LogP) is 2.45. The third-order valence-electron chi connectivity index (χ3n) is 4.84. The van der Waals surface area contributed by atoms with Gasteiger partial charge < -0.3 is 10.6 Å². The van der Waals surface area contributed by atoms with E-state index in [4.69, 9.17) is 0 Å². The van der Waals surface area contributed by atoms with Crippen LogP contribution in [0.2, 0.25) is 0 Å². The minimum absolute atomic E-state index is 0.0778. The van der Waals surface area contributed by atoms with Gasteiger partial charge in [0.05, 0.1) is 12.2 Å². The summed E-state index contributed by atoms with van der Waals surface area (Å²) in [5.74, 6) is 0.464. The monoisotopic (exact) mass is 307 g/mol. The van der Waals surface area contributed by atoms with Crippen LogP contribution in [0.1, 0.15) is 50.7 Å². The summed E-state index contributed by atoms with van der Waals surface area (Å²) in [5.41, 5.74) is 1.50. The largest absolute Gasteiger partial charge is 0.349 e. The summed E-state index contributed by atoms with van der Waals surface area (Å²) in [6.45, 7) is 9.18. The fourth-order valence-corrected chi connectivity index (χ4v) is 4.18. The molecule has 1 amide bonds. The third-order valence-corrected chi connectivity index (χ3v) is 5.69. The summed E-state index contributed by atoms with van der Waals surface area (Å²) in [4.78, 5) is 16.9. The third kappa shape index (κ3) is 3.14. The Kier molecular flexibility index (Phi) is 3.82. The molecule has 4 nitrogen and oxygen atoms in total.